The molecule has 0 amide bonds. The van der Waals surface area contributed by atoms with Crippen LogP contribution in [-0.2, 0) is 4.79 Å². The minimum Gasteiger partial charge on any atom is -0.481 e. The van der Waals surface area contributed by atoms with Crippen molar-refractivity contribution in [2.45, 2.75) is 20.3 Å². The van der Waals surface area contributed by atoms with Crippen LogP contribution in [0.25, 0.3) is 0 Å². The minimum absolute atomic E-state index is 0.222. The van der Waals surface area contributed by atoms with Crippen molar-refractivity contribution in [1.29, 1.82) is 0 Å². The minimum atomic E-state index is -0.735. The molecule has 0 bridgehead atoms. The van der Waals surface area contributed by atoms with E-state index in [2.05, 4.69) is 5.32 Å². The van der Waals surface area contributed by atoms with Gasteiger partial charge in [-0.1, -0.05) is 13.8 Å². The Morgan fingerprint density at radius 3 is 2.31 bits per heavy atom. The Balaban J connectivity index is 0. The number of likely N-dealkylation sites (N-methyl/N-ethyl adjacent to an activating group) is 2. The van der Waals surface area contributed by atoms with Gasteiger partial charge in [-0.15, -0.1) is 0 Å². The molecule has 0 aliphatic carbocycles. The Morgan fingerprint density at radius 1 is 1.38 bits per heavy atom. The molecule has 4 heteroatoms. The fraction of sp³-hybridized carbons (Fsp3) is 0.889. The maximum absolute atomic E-state index is 10.1. The van der Waals surface area contributed by atoms with Gasteiger partial charge in [-0.25, -0.2) is 0 Å². The van der Waals surface area contributed by atoms with Crippen molar-refractivity contribution in [1.82, 2.24) is 10.2 Å². The Hall–Kier alpha value is -0.610. The molecule has 0 aliphatic heterocycles. The first-order chi connectivity index (χ1) is 6.16. The second kappa shape index (κ2) is 11.4. The summed E-state index contributed by atoms with van der Waals surface area (Å²) in [4.78, 5) is 12.1. The monoisotopic (exact) mass is 190 g/mol. The van der Waals surface area contributed by atoms with E-state index in [0.717, 1.165) is 13.1 Å². The largest absolute Gasteiger partial charge is 0.481 e. The van der Waals surface area contributed by atoms with Gasteiger partial charge in [-0.05, 0) is 14.1 Å². The van der Waals surface area contributed by atoms with Gasteiger partial charge in [0.15, 0.2) is 0 Å². The Kier molecular flexibility index (Phi) is 13.0. The summed E-state index contributed by atoms with van der Waals surface area (Å²) in [6.45, 7) is 6.41. The second-order valence-corrected chi connectivity index (χ2v) is 2.55. The fourth-order valence-electron chi connectivity index (χ4n) is 0.701. The number of rotatable bonds is 6. The molecule has 0 spiro atoms. The van der Waals surface area contributed by atoms with Gasteiger partial charge in [0.1, 0.15) is 0 Å². The van der Waals surface area contributed by atoms with Crippen molar-refractivity contribution in [2.75, 3.05) is 33.7 Å². The smallest absolute Gasteiger partial charge is 0.304 e. The SMILES string of the molecule is CC.CNCCN(C)CCC(=O)O. The van der Waals surface area contributed by atoms with E-state index in [9.17, 15) is 4.79 Å². The lowest BCUT2D eigenvalue weighted by Crippen LogP contribution is -2.29. The van der Waals surface area contributed by atoms with Crippen molar-refractivity contribution in [3.05, 3.63) is 0 Å². The van der Waals surface area contributed by atoms with Crippen LogP contribution >= 0.6 is 0 Å². The highest BCUT2D eigenvalue weighted by atomic mass is 16.4. The number of hydrogen-bond donors (Lipinski definition) is 2. The number of hydrogen-bond acceptors (Lipinski definition) is 3. The number of aliphatic carboxylic acids is 1. The van der Waals surface area contributed by atoms with E-state index < -0.39 is 5.97 Å². The number of nitrogens with zero attached hydrogens (tertiary/aromatic N) is 1. The average Bonchev–Trinajstić information content (AvgIpc) is 2.14. The Bertz CT molecular complexity index is 118. The van der Waals surface area contributed by atoms with Crippen molar-refractivity contribution >= 4 is 5.97 Å². The summed E-state index contributed by atoms with van der Waals surface area (Å²) in [5.74, 6) is -0.735. The molecule has 0 atom stereocenters. The molecular weight excluding hydrogens is 168 g/mol. The highest BCUT2D eigenvalue weighted by Gasteiger charge is 2.00. The van der Waals surface area contributed by atoms with E-state index in [1.54, 1.807) is 0 Å². The summed E-state index contributed by atoms with van der Waals surface area (Å²) in [6, 6.07) is 0. The van der Waals surface area contributed by atoms with Gasteiger partial charge in [0.05, 0.1) is 6.42 Å². The van der Waals surface area contributed by atoms with Gasteiger partial charge >= 0.3 is 5.97 Å². The van der Waals surface area contributed by atoms with Crippen LogP contribution < -0.4 is 5.32 Å². The number of nitrogens with one attached hydrogen (secondary N) is 1. The molecule has 2 N–H and O–H groups in total. The summed E-state index contributed by atoms with van der Waals surface area (Å²) in [5, 5.41) is 11.3. The van der Waals surface area contributed by atoms with Crippen molar-refractivity contribution < 1.29 is 9.90 Å². The molecule has 0 saturated carbocycles. The van der Waals surface area contributed by atoms with E-state index in [1.807, 2.05) is 32.8 Å². The molecule has 0 aliphatic rings. The third kappa shape index (κ3) is 14.3. The van der Waals surface area contributed by atoms with E-state index in [0.29, 0.717) is 6.54 Å². The van der Waals surface area contributed by atoms with E-state index in [1.165, 1.54) is 0 Å². The lowest BCUT2D eigenvalue weighted by molar-refractivity contribution is -0.137. The zero-order valence-electron chi connectivity index (χ0n) is 9.13. The van der Waals surface area contributed by atoms with Crippen LogP contribution in [0.1, 0.15) is 20.3 Å². The second-order valence-electron chi connectivity index (χ2n) is 2.55. The first-order valence-electron chi connectivity index (χ1n) is 4.71. The topological polar surface area (TPSA) is 52.6 Å². The molecule has 0 radical (unpaired) electrons. The van der Waals surface area contributed by atoms with Crippen LogP contribution in [0.3, 0.4) is 0 Å². The predicted molar refractivity (Wildman–Crippen MR) is 55.0 cm³/mol. The van der Waals surface area contributed by atoms with Crippen LogP contribution in [-0.4, -0.2) is 49.7 Å². The highest BCUT2D eigenvalue weighted by molar-refractivity contribution is 5.66. The molecule has 13 heavy (non-hydrogen) atoms. The fourth-order valence-corrected chi connectivity index (χ4v) is 0.701. The Morgan fingerprint density at radius 2 is 1.92 bits per heavy atom. The normalized spacial score (nSPS) is 9.31. The molecule has 0 aromatic rings. The molecule has 0 aromatic heterocycles. The molecule has 4 nitrogen and oxygen atoms in total. The Labute approximate surface area is 80.9 Å². The van der Waals surface area contributed by atoms with Crippen molar-refractivity contribution in [3.63, 3.8) is 0 Å². The highest BCUT2D eigenvalue weighted by Crippen LogP contribution is 1.85. The van der Waals surface area contributed by atoms with E-state index in [-0.39, 0.29) is 6.42 Å². The third-order valence-corrected chi connectivity index (χ3v) is 1.45. The summed E-state index contributed by atoms with van der Waals surface area (Å²) < 4.78 is 0. The van der Waals surface area contributed by atoms with Gasteiger partial charge in [0, 0.05) is 19.6 Å². The lowest BCUT2D eigenvalue weighted by Gasteiger charge is -2.14. The summed E-state index contributed by atoms with van der Waals surface area (Å²) in [6.07, 6.45) is 0.222. The van der Waals surface area contributed by atoms with Gasteiger partial charge < -0.3 is 15.3 Å². The lowest BCUT2D eigenvalue weighted by atomic mass is 10.4. The van der Waals surface area contributed by atoms with Crippen LogP contribution in [0.4, 0.5) is 0 Å². The molecule has 0 saturated heterocycles. The molecule has 0 heterocycles. The molecule has 0 fully saturated rings. The molecule has 80 valence electrons. The summed E-state index contributed by atoms with van der Waals surface area (Å²) >= 11 is 0. The number of carbonyl (C=O) groups is 1. The van der Waals surface area contributed by atoms with E-state index in [4.69, 9.17) is 5.11 Å². The van der Waals surface area contributed by atoms with Gasteiger partial charge in [-0.2, -0.15) is 0 Å². The molecule has 0 unspecified atom stereocenters. The van der Waals surface area contributed by atoms with Crippen LogP contribution in [0.5, 0.6) is 0 Å². The van der Waals surface area contributed by atoms with Gasteiger partial charge in [0.25, 0.3) is 0 Å². The first kappa shape index (κ1) is 14.9. The zero-order valence-corrected chi connectivity index (χ0v) is 9.13. The zero-order chi connectivity index (χ0) is 10.7. The third-order valence-electron chi connectivity index (χ3n) is 1.45. The maximum Gasteiger partial charge on any atom is 0.304 e. The predicted octanol–water partition coefficient (Wildman–Crippen LogP) is 0.639. The van der Waals surface area contributed by atoms with Crippen molar-refractivity contribution in [2.24, 2.45) is 0 Å². The van der Waals surface area contributed by atoms with Crippen molar-refractivity contribution in [3.8, 4) is 0 Å². The standard InChI is InChI=1S/C7H16N2O2.C2H6/c1-8-4-6-9(2)5-3-7(10)11;1-2/h8H,3-6H2,1-2H3,(H,10,11);1-2H3. The number of carboxylic acids is 1. The number of carboxylic acid groups (broad SMARTS) is 1. The average molecular weight is 190 g/mol. The van der Waals surface area contributed by atoms with Gasteiger partial charge in [-0.3, -0.25) is 4.79 Å². The van der Waals surface area contributed by atoms with Crippen LogP contribution in [0.2, 0.25) is 0 Å². The first-order valence-corrected chi connectivity index (χ1v) is 4.71. The molecular formula is C9H22N2O2. The summed E-state index contributed by atoms with van der Waals surface area (Å²) in [5.41, 5.74) is 0. The summed E-state index contributed by atoms with van der Waals surface area (Å²) in [7, 11) is 3.80. The molecule has 0 aromatic carbocycles. The van der Waals surface area contributed by atoms with Gasteiger partial charge in [0.2, 0.25) is 0 Å². The molecule has 0 rings (SSSR count). The maximum atomic E-state index is 10.1. The van der Waals surface area contributed by atoms with E-state index >= 15 is 0 Å². The van der Waals surface area contributed by atoms with Crippen LogP contribution in [0.15, 0.2) is 0 Å². The quantitative estimate of drug-likeness (QED) is 0.645. The van der Waals surface area contributed by atoms with Crippen LogP contribution in [0, 0.1) is 0 Å².